The van der Waals surface area contributed by atoms with E-state index >= 15 is 0 Å². The largest absolute Gasteiger partial charge is 0.486 e. The van der Waals surface area contributed by atoms with Crippen LogP contribution in [0.2, 0.25) is 0 Å². The Bertz CT molecular complexity index is 780. The third-order valence-corrected chi connectivity index (χ3v) is 5.03. The number of rotatable bonds is 4. The second-order valence-corrected chi connectivity index (χ2v) is 6.93. The van der Waals surface area contributed by atoms with Crippen LogP contribution in [0.4, 0.5) is 17.5 Å². The summed E-state index contributed by atoms with van der Waals surface area (Å²) in [6.45, 7) is 6.52. The van der Waals surface area contributed by atoms with Crippen LogP contribution >= 0.6 is 0 Å². The van der Waals surface area contributed by atoms with E-state index in [9.17, 15) is 0 Å². The third-order valence-electron chi connectivity index (χ3n) is 5.03. The lowest BCUT2D eigenvalue weighted by molar-refractivity contribution is 0.171. The number of hydrogen-bond acceptors (Lipinski definition) is 6. The molecular formula is C20H26N4O2. The maximum absolute atomic E-state index is 5.66. The number of anilines is 3. The van der Waals surface area contributed by atoms with Gasteiger partial charge in [0.15, 0.2) is 11.5 Å². The highest BCUT2D eigenvalue weighted by molar-refractivity contribution is 5.61. The van der Waals surface area contributed by atoms with Gasteiger partial charge in [-0.25, -0.2) is 4.98 Å². The lowest BCUT2D eigenvalue weighted by Gasteiger charge is -2.36. The molecule has 2 aliphatic rings. The molecule has 0 bridgehead atoms. The van der Waals surface area contributed by atoms with Crippen molar-refractivity contribution in [3.8, 4) is 11.5 Å². The number of aromatic nitrogens is 2. The van der Waals surface area contributed by atoms with Gasteiger partial charge in [-0.15, -0.1) is 0 Å². The van der Waals surface area contributed by atoms with E-state index in [4.69, 9.17) is 14.5 Å². The molecule has 6 heteroatoms. The summed E-state index contributed by atoms with van der Waals surface area (Å²) < 4.78 is 11.2. The van der Waals surface area contributed by atoms with E-state index in [-0.39, 0.29) is 0 Å². The van der Waals surface area contributed by atoms with E-state index in [2.05, 4.69) is 28.2 Å². The van der Waals surface area contributed by atoms with Gasteiger partial charge in [-0.05, 0) is 44.7 Å². The zero-order chi connectivity index (χ0) is 17.9. The highest BCUT2D eigenvalue weighted by atomic mass is 16.6. The molecule has 26 heavy (non-hydrogen) atoms. The summed E-state index contributed by atoms with van der Waals surface area (Å²) >= 11 is 0. The molecule has 1 N–H and O–H groups in total. The summed E-state index contributed by atoms with van der Waals surface area (Å²) in [6, 6.07) is 8.48. The van der Waals surface area contributed by atoms with Gasteiger partial charge in [0.25, 0.3) is 0 Å². The van der Waals surface area contributed by atoms with Crippen LogP contribution in [0.25, 0.3) is 0 Å². The number of fused-ring (bicyclic) bond motifs is 1. The van der Waals surface area contributed by atoms with Crippen LogP contribution in [0.5, 0.6) is 11.5 Å². The molecule has 1 saturated heterocycles. The quantitative estimate of drug-likeness (QED) is 0.893. The maximum atomic E-state index is 5.66. The normalized spacial score (nSPS) is 19.3. The minimum Gasteiger partial charge on any atom is -0.486 e. The van der Waals surface area contributed by atoms with E-state index in [0.29, 0.717) is 25.2 Å². The molecule has 1 fully saturated rings. The number of piperidine rings is 1. The van der Waals surface area contributed by atoms with Crippen molar-refractivity contribution < 1.29 is 9.47 Å². The molecular weight excluding hydrogens is 328 g/mol. The Labute approximate surface area is 154 Å². The first-order valence-corrected chi connectivity index (χ1v) is 9.52. The molecule has 1 unspecified atom stereocenters. The lowest BCUT2D eigenvalue weighted by atomic mass is 10.00. The first-order chi connectivity index (χ1) is 12.7. The van der Waals surface area contributed by atoms with E-state index in [1.54, 1.807) is 0 Å². The van der Waals surface area contributed by atoms with Crippen molar-refractivity contribution in [2.75, 3.05) is 30.0 Å². The summed E-state index contributed by atoms with van der Waals surface area (Å²) in [5.74, 6) is 3.18. The van der Waals surface area contributed by atoms with Gasteiger partial charge in [-0.2, -0.15) is 4.98 Å². The van der Waals surface area contributed by atoms with Crippen LogP contribution in [0, 0.1) is 6.92 Å². The number of nitrogens with one attached hydrogen (secondary N) is 1. The van der Waals surface area contributed by atoms with Crippen LogP contribution in [-0.2, 0) is 0 Å². The van der Waals surface area contributed by atoms with Crippen molar-refractivity contribution in [2.45, 2.75) is 45.6 Å². The van der Waals surface area contributed by atoms with Gasteiger partial charge in [-0.3, -0.25) is 0 Å². The van der Waals surface area contributed by atoms with Crippen molar-refractivity contribution in [3.05, 3.63) is 30.0 Å². The fourth-order valence-corrected chi connectivity index (χ4v) is 3.73. The van der Waals surface area contributed by atoms with Crippen LogP contribution in [-0.4, -0.2) is 35.8 Å². The number of benzene rings is 1. The van der Waals surface area contributed by atoms with Crippen molar-refractivity contribution >= 4 is 17.5 Å². The summed E-state index contributed by atoms with van der Waals surface area (Å²) in [6.07, 6.45) is 4.92. The Hall–Kier alpha value is -2.50. The summed E-state index contributed by atoms with van der Waals surface area (Å²) in [5, 5.41) is 3.32. The Kier molecular flexibility index (Phi) is 4.82. The molecule has 0 radical (unpaired) electrons. The highest BCUT2D eigenvalue weighted by Crippen LogP contribution is 2.33. The predicted octanol–water partition coefficient (Wildman–Crippen LogP) is 4.07. The molecule has 0 aliphatic carbocycles. The minimum absolute atomic E-state index is 0.570. The molecule has 1 aromatic heterocycles. The summed E-state index contributed by atoms with van der Waals surface area (Å²) in [4.78, 5) is 11.8. The standard InChI is InChI=1S/C20H26N4O2/c1-3-16-6-4-5-9-24(16)19-12-14(2)21-20(23-19)22-15-7-8-17-18(13-15)26-11-10-25-17/h7-8,12-13,16H,3-6,9-11H2,1-2H3,(H,21,22,23). The van der Waals surface area contributed by atoms with Crippen molar-refractivity contribution in [1.29, 1.82) is 0 Å². The smallest absolute Gasteiger partial charge is 0.229 e. The predicted molar refractivity (Wildman–Crippen MR) is 103 cm³/mol. The molecule has 0 saturated carbocycles. The number of hydrogen-bond donors (Lipinski definition) is 1. The van der Waals surface area contributed by atoms with Crippen LogP contribution in [0.3, 0.4) is 0 Å². The molecule has 0 spiro atoms. The van der Waals surface area contributed by atoms with Crippen LogP contribution in [0.1, 0.15) is 38.3 Å². The Balaban J connectivity index is 1.58. The Morgan fingerprint density at radius 2 is 1.96 bits per heavy atom. The van der Waals surface area contributed by atoms with Gasteiger partial charge in [0, 0.05) is 36.1 Å². The Morgan fingerprint density at radius 1 is 1.12 bits per heavy atom. The highest BCUT2D eigenvalue weighted by Gasteiger charge is 2.23. The second kappa shape index (κ2) is 7.40. The van der Waals surface area contributed by atoms with Crippen molar-refractivity contribution in [1.82, 2.24) is 9.97 Å². The maximum Gasteiger partial charge on any atom is 0.229 e. The SMILES string of the molecule is CCC1CCCCN1c1cc(C)nc(Nc2ccc3c(c2)OCCO3)n1. The first-order valence-electron chi connectivity index (χ1n) is 9.52. The molecule has 0 amide bonds. The van der Waals surface area contributed by atoms with Crippen LogP contribution in [0.15, 0.2) is 24.3 Å². The molecule has 2 aliphatic heterocycles. The summed E-state index contributed by atoms with van der Waals surface area (Å²) in [7, 11) is 0. The molecule has 1 atom stereocenters. The zero-order valence-electron chi connectivity index (χ0n) is 15.5. The average Bonchev–Trinajstić information content (AvgIpc) is 2.67. The van der Waals surface area contributed by atoms with Gasteiger partial charge in [0.1, 0.15) is 19.0 Å². The minimum atomic E-state index is 0.570. The van der Waals surface area contributed by atoms with Gasteiger partial charge in [0.2, 0.25) is 5.95 Å². The second-order valence-electron chi connectivity index (χ2n) is 6.93. The van der Waals surface area contributed by atoms with Crippen LogP contribution < -0.4 is 19.7 Å². The van der Waals surface area contributed by atoms with Gasteiger partial charge < -0.3 is 19.7 Å². The molecule has 138 valence electrons. The van der Waals surface area contributed by atoms with Gasteiger partial charge >= 0.3 is 0 Å². The van der Waals surface area contributed by atoms with E-state index < -0.39 is 0 Å². The van der Waals surface area contributed by atoms with E-state index in [1.165, 1.54) is 19.3 Å². The molecule has 2 aromatic rings. The third kappa shape index (κ3) is 3.54. The fourth-order valence-electron chi connectivity index (χ4n) is 3.73. The number of aryl methyl sites for hydroxylation is 1. The van der Waals surface area contributed by atoms with E-state index in [1.807, 2.05) is 25.1 Å². The number of ether oxygens (including phenoxy) is 2. The van der Waals surface area contributed by atoms with Gasteiger partial charge in [-0.1, -0.05) is 6.92 Å². The Morgan fingerprint density at radius 3 is 2.81 bits per heavy atom. The van der Waals surface area contributed by atoms with Crippen molar-refractivity contribution in [2.24, 2.45) is 0 Å². The fraction of sp³-hybridized carbons (Fsp3) is 0.500. The van der Waals surface area contributed by atoms with E-state index in [0.717, 1.165) is 41.7 Å². The molecule has 3 heterocycles. The monoisotopic (exact) mass is 354 g/mol. The van der Waals surface area contributed by atoms with Gasteiger partial charge in [0.05, 0.1) is 0 Å². The molecule has 1 aromatic carbocycles. The molecule has 6 nitrogen and oxygen atoms in total. The van der Waals surface area contributed by atoms with Crippen molar-refractivity contribution in [3.63, 3.8) is 0 Å². The first kappa shape index (κ1) is 16.9. The lowest BCUT2D eigenvalue weighted by Crippen LogP contribution is -2.39. The summed E-state index contributed by atoms with van der Waals surface area (Å²) in [5.41, 5.74) is 1.87. The topological polar surface area (TPSA) is 59.5 Å². The average molecular weight is 354 g/mol. The zero-order valence-corrected chi connectivity index (χ0v) is 15.5. The molecule has 4 rings (SSSR count). The number of nitrogens with zero attached hydrogens (tertiary/aromatic N) is 3.